The molecule has 0 radical (unpaired) electrons. The van der Waals surface area contributed by atoms with Crippen LogP contribution >= 0.6 is 0 Å². The number of piperidine rings is 1. The quantitative estimate of drug-likeness (QED) is 0.682. The van der Waals surface area contributed by atoms with Crippen molar-refractivity contribution in [3.8, 4) is 0 Å². The number of nitrogens with zero attached hydrogens (tertiary/aromatic N) is 5. The van der Waals surface area contributed by atoms with Gasteiger partial charge in [0.25, 0.3) is 0 Å². The fourth-order valence-corrected chi connectivity index (χ4v) is 4.55. The second kappa shape index (κ2) is 8.19. The van der Waals surface area contributed by atoms with Gasteiger partial charge in [-0.1, -0.05) is 54.6 Å². The molecule has 0 unspecified atom stereocenters. The van der Waals surface area contributed by atoms with Gasteiger partial charge in [-0.2, -0.15) is 10.1 Å². The van der Waals surface area contributed by atoms with Gasteiger partial charge in [-0.25, -0.2) is 0 Å². The summed E-state index contributed by atoms with van der Waals surface area (Å²) >= 11 is 0. The zero-order chi connectivity index (χ0) is 19.5. The van der Waals surface area contributed by atoms with Crippen LogP contribution in [0.2, 0.25) is 0 Å². The molecule has 3 aromatic rings. The van der Waals surface area contributed by atoms with Crippen molar-refractivity contribution < 1.29 is 0 Å². The van der Waals surface area contributed by atoms with E-state index < -0.39 is 0 Å². The molecule has 2 aromatic carbocycles. The van der Waals surface area contributed by atoms with Crippen molar-refractivity contribution >= 4 is 11.8 Å². The Bertz CT molecular complexity index is 950. The molecule has 0 amide bonds. The lowest BCUT2D eigenvalue weighted by Crippen LogP contribution is -2.36. The van der Waals surface area contributed by atoms with Crippen molar-refractivity contribution in [3.63, 3.8) is 0 Å². The minimum atomic E-state index is 0.739. The van der Waals surface area contributed by atoms with E-state index in [0.717, 1.165) is 50.3 Å². The number of rotatable bonds is 4. The molecule has 0 saturated carbocycles. The number of hydrogen-bond donors (Lipinski definition) is 0. The first-order chi connectivity index (χ1) is 14.3. The third kappa shape index (κ3) is 4.09. The van der Waals surface area contributed by atoms with Gasteiger partial charge in [-0.15, -0.1) is 5.10 Å². The highest BCUT2D eigenvalue weighted by Crippen LogP contribution is 2.26. The van der Waals surface area contributed by atoms with E-state index in [0.29, 0.717) is 0 Å². The number of hydrogen-bond acceptors (Lipinski definition) is 5. The number of aromatic nitrogens is 3. The first-order valence-corrected chi connectivity index (χ1v) is 10.7. The Morgan fingerprint density at radius 3 is 2.41 bits per heavy atom. The molecule has 2 aliphatic heterocycles. The van der Waals surface area contributed by atoms with Gasteiger partial charge in [0.1, 0.15) is 0 Å². The summed E-state index contributed by atoms with van der Waals surface area (Å²) in [6, 6.07) is 19.5. The van der Waals surface area contributed by atoms with Crippen LogP contribution in [0.3, 0.4) is 0 Å². The summed E-state index contributed by atoms with van der Waals surface area (Å²) in [6.45, 7) is 3.89. The maximum atomic E-state index is 4.88. The third-order valence-electron chi connectivity index (χ3n) is 6.25. The van der Waals surface area contributed by atoms with Crippen LogP contribution in [0.15, 0.2) is 60.8 Å². The summed E-state index contributed by atoms with van der Waals surface area (Å²) in [5.74, 6) is 2.46. The average Bonchev–Trinajstić information content (AvgIpc) is 2.80. The summed E-state index contributed by atoms with van der Waals surface area (Å²) in [6.07, 6.45) is 6.39. The van der Waals surface area contributed by atoms with Gasteiger partial charge < -0.3 is 9.80 Å². The number of benzene rings is 2. The van der Waals surface area contributed by atoms with Gasteiger partial charge in [0, 0.05) is 26.2 Å². The summed E-state index contributed by atoms with van der Waals surface area (Å²) < 4.78 is 0. The molecule has 5 rings (SSSR count). The summed E-state index contributed by atoms with van der Waals surface area (Å²) in [5.41, 5.74) is 4.28. The molecule has 1 saturated heterocycles. The fourth-order valence-electron chi connectivity index (χ4n) is 4.55. The van der Waals surface area contributed by atoms with E-state index in [4.69, 9.17) is 4.98 Å². The van der Waals surface area contributed by atoms with E-state index in [2.05, 4.69) is 74.6 Å². The predicted octanol–water partition coefficient (Wildman–Crippen LogP) is 3.89. The molecule has 0 N–H and O–H groups in total. The van der Waals surface area contributed by atoms with Crippen LogP contribution in [0.5, 0.6) is 0 Å². The molecule has 0 aliphatic carbocycles. The highest BCUT2D eigenvalue weighted by atomic mass is 15.3. The normalized spacial score (nSPS) is 17.2. The van der Waals surface area contributed by atoms with Gasteiger partial charge in [0.2, 0.25) is 5.95 Å². The Kier molecular flexibility index (Phi) is 5.11. The minimum absolute atomic E-state index is 0.739. The van der Waals surface area contributed by atoms with Crippen molar-refractivity contribution in [2.45, 2.75) is 32.2 Å². The van der Waals surface area contributed by atoms with Crippen molar-refractivity contribution in [1.82, 2.24) is 15.2 Å². The van der Waals surface area contributed by atoms with Crippen molar-refractivity contribution in [1.29, 1.82) is 0 Å². The molecule has 5 nitrogen and oxygen atoms in total. The smallest absolute Gasteiger partial charge is 0.247 e. The molecular formula is C24H27N5. The molecular weight excluding hydrogens is 358 g/mol. The fraction of sp³-hybridized carbons (Fsp3) is 0.375. The highest BCUT2D eigenvalue weighted by molar-refractivity contribution is 5.45. The third-order valence-corrected chi connectivity index (χ3v) is 6.25. The Hall–Kier alpha value is -2.95. The Balaban J connectivity index is 1.23. The number of anilines is 2. The molecule has 1 aromatic heterocycles. The maximum absolute atomic E-state index is 4.88. The van der Waals surface area contributed by atoms with Gasteiger partial charge >= 0.3 is 0 Å². The second-order valence-electron chi connectivity index (χ2n) is 8.17. The van der Waals surface area contributed by atoms with E-state index in [-0.39, 0.29) is 0 Å². The van der Waals surface area contributed by atoms with Gasteiger partial charge in [-0.3, -0.25) is 0 Å². The lowest BCUT2D eigenvalue weighted by atomic mass is 9.90. The van der Waals surface area contributed by atoms with E-state index in [9.17, 15) is 0 Å². The van der Waals surface area contributed by atoms with Crippen LogP contribution in [0.1, 0.15) is 29.5 Å². The van der Waals surface area contributed by atoms with Gasteiger partial charge in [-0.05, 0) is 48.3 Å². The first kappa shape index (κ1) is 18.1. The predicted molar refractivity (Wildman–Crippen MR) is 116 cm³/mol. The van der Waals surface area contributed by atoms with Crippen molar-refractivity contribution in [2.75, 3.05) is 29.4 Å². The topological polar surface area (TPSA) is 45.2 Å². The van der Waals surface area contributed by atoms with Crippen LogP contribution in [-0.4, -0.2) is 34.8 Å². The first-order valence-electron chi connectivity index (χ1n) is 10.7. The lowest BCUT2D eigenvalue weighted by molar-refractivity contribution is 0.400. The van der Waals surface area contributed by atoms with Gasteiger partial charge in [0.15, 0.2) is 5.82 Å². The Labute approximate surface area is 172 Å². The highest BCUT2D eigenvalue weighted by Gasteiger charge is 2.23. The second-order valence-corrected chi connectivity index (χ2v) is 8.17. The van der Waals surface area contributed by atoms with E-state index in [1.54, 1.807) is 6.20 Å². The van der Waals surface area contributed by atoms with Crippen molar-refractivity contribution in [2.24, 2.45) is 5.92 Å². The van der Waals surface area contributed by atoms with E-state index >= 15 is 0 Å². The molecule has 3 heterocycles. The van der Waals surface area contributed by atoms with Crippen LogP contribution in [0, 0.1) is 5.92 Å². The van der Waals surface area contributed by atoms with Crippen LogP contribution in [0.4, 0.5) is 11.8 Å². The molecule has 0 spiro atoms. The summed E-state index contributed by atoms with van der Waals surface area (Å²) in [4.78, 5) is 9.50. The molecule has 148 valence electrons. The van der Waals surface area contributed by atoms with Crippen LogP contribution < -0.4 is 9.80 Å². The van der Waals surface area contributed by atoms with Crippen molar-refractivity contribution in [3.05, 3.63) is 77.5 Å². The average molecular weight is 386 g/mol. The Morgan fingerprint density at radius 1 is 0.828 bits per heavy atom. The standard InChI is InChI=1S/C24H27N5/c1-2-6-19(7-3-1)16-20-10-13-28(14-11-20)24-26-23(17-25-27-24)29-15-12-21-8-4-5-9-22(21)18-29/h1-9,17,20H,10-16,18H2. The SMILES string of the molecule is c1ccc(CC2CCN(c3nncc(N4CCc5ccccc5C4)n3)CC2)cc1. The zero-order valence-corrected chi connectivity index (χ0v) is 16.7. The van der Waals surface area contributed by atoms with Crippen LogP contribution in [-0.2, 0) is 19.4 Å². The minimum Gasteiger partial charge on any atom is -0.350 e. The number of fused-ring (bicyclic) bond motifs is 1. The molecule has 29 heavy (non-hydrogen) atoms. The largest absolute Gasteiger partial charge is 0.350 e. The molecule has 2 aliphatic rings. The summed E-state index contributed by atoms with van der Waals surface area (Å²) in [5, 5.41) is 8.63. The molecule has 5 heteroatoms. The maximum Gasteiger partial charge on any atom is 0.247 e. The van der Waals surface area contributed by atoms with E-state index in [1.165, 1.54) is 36.0 Å². The van der Waals surface area contributed by atoms with Crippen LogP contribution in [0.25, 0.3) is 0 Å². The molecule has 0 atom stereocenters. The van der Waals surface area contributed by atoms with E-state index in [1.807, 2.05) is 0 Å². The van der Waals surface area contributed by atoms with Gasteiger partial charge in [0.05, 0.1) is 6.20 Å². The lowest BCUT2D eigenvalue weighted by Gasteiger charge is -2.33. The summed E-state index contributed by atoms with van der Waals surface area (Å²) in [7, 11) is 0. The Morgan fingerprint density at radius 2 is 1.59 bits per heavy atom. The zero-order valence-electron chi connectivity index (χ0n) is 16.7. The molecule has 0 bridgehead atoms. The monoisotopic (exact) mass is 385 g/mol. The molecule has 1 fully saturated rings.